The van der Waals surface area contributed by atoms with Gasteiger partial charge in [0.2, 0.25) is 5.91 Å². The Bertz CT molecular complexity index is 806. The van der Waals surface area contributed by atoms with Crippen LogP contribution in [0, 0.1) is 5.92 Å². The lowest BCUT2D eigenvalue weighted by molar-refractivity contribution is -0.139. The molecule has 0 aliphatic heterocycles. The largest absolute Gasteiger partial charge is 0.482 e. The fourth-order valence-electron chi connectivity index (χ4n) is 3.06. The van der Waals surface area contributed by atoms with Crippen LogP contribution < -0.4 is 4.74 Å². The van der Waals surface area contributed by atoms with Crippen LogP contribution >= 0.6 is 11.6 Å². The fraction of sp³-hybridized carbons (Fsp3) is 0.300. The highest BCUT2D eigenvalue weighted by atomic mass is 35.5. The van der Waals surface area contributed by atoms with Crippen LogP contribution in [-0.4, -0.2) is 35.5 Å². The number of benzene rings is 2. The van der Waals surface area contributed by atoms with E-state index < -0.39 is 5.97 Å². The van der Waals surface area contributed by atoms with Crippen LogP contribution in [0.1, 0.15) is 23.5 Å². The molecule has 5 nitrogen and oxygen atoms in total. The zero-order valence-corrected chi connectivity index (χ0v) is 15.1. The van der Waals surface area contributed by atoms with E-state index in [0.29, 0.717) is 17.3 Å². The second-order valence-electron chi connectivity index (χ2n) is 6.49. The van der Waals surface area contributed by atoms with Crippen molar-refractivity contribution in [1.82, 2.24) is 4.90 Å². The number of amides is 1. The maximum atomic E-state index is 12.6. The third kappa shape index (κ3) is 4.35. The summed E-state index contributed by atoms with van der Waals surface area (Å²) in [5.41, 5.74) is 2.00. The second kappa shape index (κ2) is 7.79. The summed E-state index contributed by atoms with van der Waals surface area (Å²) in [6.07, 6.45) is 0.828. The Hall–Kier alpha value is -2.53. The monoisotopic (exact) mass is 373 g/mol. The maximum Gasteiger partial charge on any atom is 0.341 e. The molecule has 6 heteroatoms. The normalized spacial score (nSPS) is 18.2. The second-order valence-corrected chi connectivity index (χ2v) is 6.90. The van der Waals surface area contributed by atoms with Crippen molar-refractivity contribution in [3.8, 4) is 5.75 Å². The van der Waals surface area contributed by atoms with Gasteiger partial charge in [-0.25, -0.2) is 4.79 Å². The Kier molecular flexibility index (Phi) is 5.47. The average Bonchev–Trinajstić information content (AvgIpc) is 3.41. The van der Waals surface area contributed by atoms with E-state index in [1.807, 2.05) is 36.4 Å². The van der Waals surface area contributed by atoms with Gasteiger partial charge in [-0.3, -0.25) is 4.79 Å². The highest BCUT2D eigenvalue weighted by Crippen LogP contribution is 2.50. The summed E-state index contributed by atoms with van der Waals surface area (Å²) in [6, 6.07) is 14.8. The summed E-state index contributed by atoms with van der Waals surface area (Å²) in [5.74, 6) is -0.229. The van der Waals surface area contributed by atoms with Gasteiger partial charge in [0.05, 0.1) is 0 Å². The van der Waals surface area contributed by atoms with Crippen molar-refractivity contribution in [3.63, 3.8) is 0 Å². The summed E-state index contributed by atoms with van der Waals surface area (Å²) in [4.78, 5) is 24.9. The Morgan fingerprint density at radius 1 is 1.19 bits per heavy atom. The van der Waals surface area contributed by atoms with E-state index in [4.69, 9.17) is 21.4 Å². The summed E-state index contributed by atoms with van der Waals surface area (Å²) in [6.45, 7) is 0.118. The molecule has 1 N–H and O–H groups in total. The van der Waals surface area contributed by atoms with Crippen LogP contribution in [0.5, 0.6) is 5.75 Å². The number of carboxylic acids is 1. The standard InChI is InChI=1S/C20H20ClNO4/c1-22(11-13-6-8-14(9-7-13)26-12-19(23)24)20(25)17-10-16(17)15-4-2-3-5-18(15)21/h2-9,16-17H,10-12H2,1H3,(H,23,24). The quantitative estimate of drug-likeness (QED) is 0.805. The molecule has 0 bridgehead atoms. The van der Waals surface area contributed by atoms with Crippen molar-refractivity contribution in [2.45, 2.75) is 18.9 Å². The number of hydrogen-bond acceptors (Lipinski definition) is 3. The Balaban J connectivity index is 1.55. The van der Waals surface area contributed by atoms with Gasteiger partial charge in [-0.2, -0.15) is 0 Å². The highest BCUT2D eigenvalue weighted by Gasteiger charge is 2.45. The predicted octanol–water partition coefficient (Wildman–Crippen LogP) is 3.57. The molecule has 1 fully saturated rings. The van der Waals surface area contributed by atoms with Gasteiger partial charge in [0.15, 0.2) is 6.61 Å². The molecule has 0 spiro atoms. The topological polar surface area (TPSA) is 66.8 Å². The van der Waals surface area contributed by atoms with E-state index in [9.17, 15) is 9.59 Å². The smallest absolute Gasteiger partial charge is 0.341 e. The first kappa shape index (κ1) is 18.3. The Labute approximate surface area is 157 Å². The van der Waals surface area contributed by atoms with E-state index in [1.165, 1.54) is 0 Å². The molecule has 1 saturated carbocycles. The van der Waals surface area contributed by atoms with Gasteiger partial charge < -0.3 is 14.7 Å². The number of carbonyl (C=O) groups excluding carboxylic acids is 1. The number of aliphatic carboxylic acids is 1. The molecule has 2 aromatic rings. The molecule has 26 heavy (non-hydrogen) atoms. The zero-order valence-electron chi connectivity index (χ0n) is 14.4. The molecule has 2 atom stereocenters. The fourth-order valence-corrected chi connectivity index (χ4v) is 3.33. The molecular formula is C20H20ClNO4. The highest BCUT2D eigenvalue weighted by molar-refractivity contribution is 6.31. The molecular weight excluding hydrogens is 354 g/mol. The van der Waals surface area contributed by atoms with Crippen molar-refractivity contribution in [2.24, 2.45) is 5.92 Å². The number of ether oxygens (including phenoxy) is 1. The van der Waals surface area contributed by atoms with Crippen molar-refractivity contribution in [3.05, 3.63) is 64.7 Å². The minimum Gasteiger partial charge on any atom is -0.482 e. The Morgan fingerprint density at radius 3 is 2.54 bits per heavy atom. The molecule has 2 aromatic carbocycles. The third-order valence-electron chi connectivity index (χ3n) is 4.49. The molecule has 1 amide bonds. The minimum absolute atomic E-state index is 0.0157. The summed E-state index contributed by atoms with van der Waals surface area (Å²) in [5, 5.41) is 9.33. The van der Waals surface area contributed by atoms with Gasteiger partial charge in [-0.05, 0) is 41.7 Å². The van der Waals surface area contributed by atoms with Crippen LogP contribution in [-0.2, 0) is 16.1 Å². The van der Waals surface area contributed by atoms with E-state index in [2.05, 4.69) is 0 Å². The van der Waals surface area contributed by atoms with Crippen molar-refractivity contribution < 1.29 is 19.4 Å². The molecule has 136 valence electrons. The summed E-state index contributed by atoms with van der Waals surface area (Å²) < 4.78 is 5.10. The summed E-state index contributed by atoms with van der Waals surface area (Å²) in [7, 11) is 1.79. The van der Waals surface area contributed by atoms with Crippen LogP contribution in [0.3, 0.4) is 0 Å². The van der Waals surface area contributed by atoms with Crippen LogP contribution in [0.25, 0.3) is 0 Å². The third-order valence-corrected chi connectivity index (χ3v) is 4.84. The number of nitrogens with zero attached hydrogens (tertiary/aromatic N) is 1. The number of carbonyl (C=O) groups is 2. The van der Waals surface area contributed by atoms with E-state index in [1.54, 1.807) is 24.1 Å². The zero-order chi connectivity index (χ0) is 18.7. The SMILES string of the molecule is CN(Cc1ccc(OCC(=O)O)cc1)C(=O)C1CC1c1ccccc1Cl. The number of halogens is 1. The molecule has 2 unspecified atom stereocenters. The van der Waals surface area contributed by atoms with E-state index in [-0.39, 0.29) is 24.3 Å². The maximum absolute atomic E-state index is 12.6. The molecule has 0 heterocycles. The molecule has 0 radical (unpaired) electrons. The van der Waals surface area contributed by atoms with Crippen molar-refractivity contribution in [2.75, 3.05) is 13.7 Å². The van der Waals surface area contributed by atoms with Crippen LogP contribution in [0.4, 0.5) is 0 Å². The Morgan fingerprint density at radius 2 is 1.88 bits per heavy atom. The average molecular weight is 374 g/mol. The molecule has 1 aliphatic carbocycles. The molecule has 0 saturated heterocycles. The first-order chi connectivity index (χ1) is 12.5. The minimum atomic E-state index is -1.02. The first-order valence-electron chi connectivity index (χ1n) is 8.38. The number of rotatable bonds is 7. The predicted molar refractivity (Wildman–Crippen MR) is 98.3 cm³/mol. The van der Waals surface area contributed by atoms with Crippen LogP contribution in [0.15, 0.2) is 48.5 Å². The van der Waals surface area contributed by atoms with E-state index in [0.717, 1.165) is 17.5 Å². The molecule has 0 aromatic heterocycles. The van der Waals surface area contributed by atoms with Gasteiger partial charge >= 0.3 is 5.97 Å². The number of hydrogen-bond donors (Lipinski definition) is 1. The van der Waals surface area contributed by atoms with Gasteiger partial charge in [0, 0.05) is 24.5 Å². The van der Waals surface area contributed by atoms with Crippen molar-refractivity contribution in [1.29, 1.82) is 0 Å². The summed E-state index contributed by atoms with van der Waals surface area (Å²) >= 11 is 6.23. The number of carboxylic acid groups (broad SMARTS) is 1. The lowest BCUT2D eigenvalue weighted by Crippen LogP contribution is -2.28. The van der Waals surface area contributed by atoms with Crippen LogP contribution in [0.2, 0.25) is 5.02 Å². The van der Waals surface area contributed by atoms with Gasteiger partial charge in [0.1, 0.15) is 5.75 Å². The van der Waals surface area contributed by atoms with Crippen molar-refractivity contribution >= 4 is 23.5 Å². The molecule has 3 rings (SSSR count). The lowest BCUT2D eigenvalue weighted by Gasteiger charge is -2.18. The first-order valence-corrected chi connectivity index (χ1v) is 8.76. The van der Waals surface area contributed by atoms with Gasteiger partial charge in [-0.1, -0.05) is 41.9 Å². The lowest BCUT2D eigenvalue weighted by atomic mass is 10.1. The van der Waals surface area contributed by atoms with E-state index >= 15 is 0 Å². The van der Waals surface area contributed by atoms with Gasteiger partial charge in [0.25, 0.3) is 0 Å². The molecule has 1 aliphatic rings. The van der Waals surface area contributed by atoms with Gasteiger partial charge in [-0.15, -0.1) is 0 Å².